The van der Waals surface area contributed by atoms with E-state index < -0.39 is 0 Å². The Balaban J connectivity index is 1.51. The molecule has 2 aromatic rings. The van der Waals surface area contributed by atoms with Crippen LogP contribution >= 0.6 is 0 Å². The molecule has 1 aliphatic carbocycles. The zero-order valence-electron chi connectivity index (χ0n) is 22.0. The number of nitriles is 1. The van der Waals surface area contributed by atoms with Crippen LogP contribution in [0.25, 0.3) is 11.1 Å². The van der Waals surface area contributed by atoms with Crippen LogP contribution in [0.4, 0.5) is 0 Å². The molecule has 0 saturated heterocycles. The highest BCUT2D eigenvalue weighted by atomic mass is 14.4. The molecule has 1 nitrogen and oxygen atoms in total. The molecule has 0 heterocycles. The van der Waals surface area contributed by atoms with E-state index in [1.54, 1.807) is 0 Å². The average molecular weight is 458 g/mol. The van der Waals surface area contributed by atoms with Crippen molar-refractivity contribution in [1.29, 1.82) is 5.26 Å². The number of unbranched alkanes of at least 4 members (excludes halogenated alkanes) is 8. The lowest BCUT2D eigenvalue weighted by atomic mass is 9.66. The Morgan fingerprint density at radius 1 is 0.706 bits per heavy atom. The minimum absolute atomic E-state index is 0.279. The van der Waals surface area contributed by atoms with E-state index >= 15 is 0 Å². The second-order valence-corrected chi connectivity index (χ2v) is 10.8. The van der Waals surface area contributed by atoms with Crippen molar-refractivity contribution in [3.8, 4) is 17.2 Å². The van der Waals surface area contributed by atoms with Gasteiger partial charge in [-0.1, -0.05) is 127 Å². The topological polar surface area (TPSA) is 23.8 Å². The minimum Gasteiger partial charge on any atom is -0.197 e. The summed E-state index contributed by atoms with van der Waals surface area (Å²) in [5.41, 5.74) is 4.93. The molecule has 1 aliphatic rings. The summed E-state index contributed by atoms with van der Waals surface area (Å²) in [7, 11) is 0. The molecule has 0 spiro atoms. The summed E-state index contributed by atoms with van der Waals surface area (Å²) in [6.07, 6.45) is 20.5. The van der Waals surface area contributed by atoms with Gasteiger partial charge >= 0.3 is 0 Å². The van der Waals surface area contributed by atoms with Gasteiger partial charge in [-0.2, -0.15) is 5.26 Å². The van der Waals surface area contributed by atoms with Crippen molar-refractivity contribution in [2.24, 2.45) is 5.92 Å². The van der Waals surface area contributed by atoms with Gasteiger partial charge in [-0.05, 0) is 66.7 Å². The standard InChI is InChI=1S/C33H47N/c1-3-5-7-9-11-13-28-15-17-30(18-16-28)31-19-21-32(22-20-31)33(27-34)25-23-29(24-26-33)14-12-10-8-6-4-2/h15-22,29H,3-14,23-26H2,1-2H3/t29-,33+. The zero-order chi connectivity index (χ0) is 24.1. The van der Waals surface area contributed by atoms with Crippen LogP contribution in [0.2, 0.25) is 0 Å². The maximum absolute atomic E-state index is 10.1. The van der Waals surface area contributed by atoms with Gasteiger partial charge in [0, 0.05) is 0 Å². The fourth-order valence-electron chi connectivity index (χ4n) is 5.74. The van der Waals surface area contributed by atoms with Gasteiger partial charge in [0.05, 0.1) is 11.5 Å². The summed E-state index contributed by atoms with van der Waals surface area (Å²) >= 11 is 0. The molecule has 0 aliphatic heterocycles. The molecule has 1 saturated carbocycles. The van der Waals surface area contributed by atoms with Gasteiger partial charge in [-0.3, -0.25) is 0 Å². The van der Waals surface area contributed by atoms with Crippen molar-refractivity contribution >= 4 is 0 Å². The molecule has 0 bridgehead atoms. The fourth-order valence-corrected chi connectivity index (χ4v) is 5.74. The van der Waals surface area contributed by atoms with Crippen LogP contribution in [0.3, 0.4) is 0 Å². The van der Waals surface area contributed by atoms with E-state index in [9.17, 15) is 5.26 Å². The molecule has 0 unspecified atom stereocenters. The second-order valence-electron chi connectivity index (χ2n) is 10.8. The van der Waals surface area contributed by atoms with Crippen molar-refractivity contribution in [3.63, 3.8) is 0 Å². The zero-order valence-corrected chi connectivity index (χ0v) is 22.0. The Hall–Kier alpha value is -2.07. The van der Waals surface area contributed by atoms with Gasteiger partial charge in [-0.25, -0.2) is 0 Å². The lowest BCUT2D eigenvalue weighted by Crippen LogP contribution is -2.30. The summed E-state index contributed by atoms with van der Waals surface area (Å²) < 4.78 is 0. The predicted molar refractivity (Wildman–Crippen MR) is 147 cm³/mol. The Kier molecular flexibility index (Phi) is 11.2. The smallest absolute Gasteiger partial charge is 0.0822 e. The van der Waals surface area contributed by atoms with Crippen LogP contribution in [0.5, 0.6) is 0 Å². The van der Waals surface area contributed by atoms with Crippen molar-refractivity contribution in [3.05, 3.63) is 59.7 Å². The molecule has 0 atom stereocenters. The van der Waals surface area contributed by atoms with E-state index in [4.69, 9.17) is 0 Å². The van der Waals surface area contributed by atoms with Crippen molar-refractivity contribution in [2.75, 3.05) is 0 Å². The minimum atomic E-state index is -0.279. The van der Waals surface area contributed by atoms with E-state index in [0.29, 0.717) is 0 Å². The van der Waals surface area contributed by atoms with Crippen molar-refractivity contribution in [2.45, 2.75) is 122 Å². The first-order valence-electron chi connectivity index (χ1n) is 14.3. The molecule has 0 radical (unpaired) electrons. The number of hydrogen-bond acceptors (Lipinski definition) is 1. The maximum atomic E-state index is 10.1. The number of rotatable bonds is 14. The van der Waals surface area contributed by atoms with Gasteiger partial charge < -0.3 is 0 Å². The molecule has 0 amide bonds. The summed E-state index contributed by atoms with van der Waals surface area (Å²) in [4.78, 5) is 0. The third-order valence-electron chi connectivity index (χ3n) is 8.18. The highest BCUT2D eigenvalue weighted by Crippen LogP contribution is 2.43. The van der Waals surface area contributed by atoms with E-state index in [1.807, 2.05) is 0 Å². The first-order chi connectivity index (χ1) is 16.7. The average Bonchev–Trinajstić information content (AvgIpc) is 2.89. The quantitative estimate of drug-likeness (QED) is 0.259. The van der Waals surface area contributed by atoms with Gasteiger partial charge in [0.15, 0.2) is 0 Å². The van der Waals surface area contributed by atoms with Crippen molar-refractivity contribution < 1.29 is 0 Å². The summed E-state index contributed by atoms with van der Waals surface area (Å²) in [6.45, 7) is 4.55. The van der Waals surface area contributed by atoms with E-state index in [2.05, 4.69) is 68.4 Å². The molecule has 1 heteroatoms. The van der Waals surface area contributed by atoms with E-state index in [0.717, 1.165) is 18.8 Å². The molecule has 3 rings (SSSR count). The molecule has 2 aromatic carbocycles. The summed E-state index contributed by atoms with van der Waals surface area (Å²) in [6, 6.07) is 20.8. The van der Waals surface area contributed by atoms with Crippen LogP contribution < -0.4 is 0 Å². The molecule has 0 aromatic heterocycles. The van der Waals surface area contributed by atoms with Gasteiger partial charge in [0.2, 0.25) is 0 Å². The summed E-state index contributed by atoms with van der Waals surface area (Å²) in [5.74, 6) is 0.826. The van der Waals surface area contributed by atoms with Crippen LogP contribution in [-0.4, -0.2) is 0 Å². The summed E-state index contributed by atoms with van der Waals surface area (Å²) in [5, 5.41) is 10.1. The predicted octanol–water partition coefficient (Wildman–Crippen LogP) is 10.2. The van der Waals surface area contributed by atoms with Crippen LogP contribution in [0.15, 0.2) is 48.5 Å². The Labute approximate surface area is 210 Å². The number of hydrogen-bond donors (Lipinski definition) is 0. The second kappa shape index (κ2) is 14.4. The SMILES string of the molecule is CCCCCCCc1ccc(-c2ccc([C@]3(C#N)CC[C@H](CCCCCCC)CC3)cc2)cc1. The number of nitrogens with zero attached hydrogens (tertiary/aromatic N) is 1. The molecular formula is C33H47N. The normalized spacial score (nSPS) is 20.2. The van der Waals surface area contributed by atoms with Crippen LogP contribution in [-0.2, 0) is 11.8 Å². The third kappa shape index (κ3) is 7.73. The Bertz CT molecular complexity index is 847. The van der Waals surface area contributed by atoms with Crippen molar-refractivity contribution in [1.82, 2.24) is 0 Å². The molecular weight excluding hydrogens is 410 g/mol. The molecule has 0 N–H and O–H groups in total. The monoisotopic (exact) mass is 457 g/mol. The molecule has 34 heavy (non-hydrogen) atoms. The van der Waals surface area contributed by atoms with E-state index in [1.165, 1.54) is 112 Å². The number of benzene rings is 2. The molecule has 1 fully saturated rings. The first-order valence-corrected chi connectivity index (χ1v) is 14.3. The highest BCUT2D eigenvalue weighted by molar-refractivity contribution is 5.64. The van der Waals surface area contributed by atoms with E-state index in [-0.39, 0.29) is 5.41 Å². The van der Waals surface area contributed by atoms with Gasteiger partial charge in [0.1, 0.15) is 0 Å². The maximum Gasteiger partial charge on any atom is 0.0822 e. The molecule has 184 valence electrons. The largest absolute Gasteiger partial charge is 0.197 e. The third-order valence-corrected chi connectivity index (χ3v) is 8.18. The fraction of sp³-hybridized carbons (Fsp3) is 0.606. The lowest BCUT2D eigenvalue weighted by Gasteiger charge is -2.35. The Morgan fingerprint density at radius 3 is 1.79 bits per heavy atom. The first kappa shape index (κ1) is 26.5. The highest BCUT2D eigenvalue weighted by Gasteiger charge is 2.36. The van der Waals surface area contributed by atoms with Crippen LogP contribution in [0, 0.1) is 17.2 Å². The Morgan fingerprint density at radius 2 is 1.24 bits per heavy atom. The van der Waals surface area contributed by atoms with Gasteiger partial charge in [0.25, 0.3) is 0 Å². The lowest BCUT2D eigenvalue weighted by molar-refractivity contribution is 0.261. The van der Waals surface area contributed by atoms with Gasteiger partial charge in [-0.15, -0.1) is 0 Å². The number of aryl methyl sites for hydroxylation is 1. The van der Waals surface area contributed by atoms with Crippen LogP contribution in [0.1, 0.15) is 121 Å².